The lowest BCUT2D eigenvalue weighted by molar-refractivity contribution is -0.134. The number of benzene rings is 3. The summed E-state index contributed by atoms with van der Waals surface area (Å²) in [7, 11) is 0. The van der Waals surface area contributed by atoms with Gasteiger partial charge in [-0.2, -0.15) is 10.2 Å². The number of hydrogen-bond donors (Lipinski definition) is 2. The van der Waals surface area contributed by atoms with Crippen LogP contribution in [0.25, 0.3) is 16.9 Å². The van der Waals surface area contributed by atoms with Crippen LogP contribution in [0, 0.1) is 5.82 Å². The molecule has 1 aromatic heterocycles. The summed E-state index contributed by atoms with van der Waals surface area (Å²) in [6.45, 7) is 0.845. The predicted molar refractivity (Wildman–Crippen MR) is 130 cm³/mol. The van der Waals surface area contributed by atoms with Gasteiger partial charge in [0.2, 0.25) is 0 Å². The highest BCUT2D eigenvalue weighted by molar-refractivity contribution is 5.89. The number of carbonyl (C=O) groups excluding carboxylic acids is 1. The van der Waals surface area contributed by atoms with Gasteiger partial charge >= 0.3 is 0 Å². The minimum atomic E-state index is -0.833. The highest BCUT2D eigenvalue weighted by Crippen LogP contribution is 2.22. The normalized spacial score (nSPS) is 10.3. The summed E-state index contributed by atoms with van der Waals surface area (Å²) in [6.07, 6.45) is 3.40. The first-order chi connectivity index (χ1) is 16.9. The summed E-state index contributed by atoms with van der Waals surface area (Å²) in [6, 6.07) is 24.9. The van der Waals surface area contributed by atoms with Crippen LogP contribution < -0.4 is 10.2 Å². The van der Waals surface area contributed by atoms with Gasteiger partial charge in [-0.15, -0.1) is 0 Å². The van der Waals surface area contributed by atoms with E-state index in [1.165, 1.54) is 24.3 Å². The quantitative estimate of drug-likeness (QED) is 0.307. The van der Waals surface area contributed by atoms with Gasteiger partial charge in [0.15, 0.2) is 6.61 Å². The average Bonchev–Trinajstić information content (AvgIpc) is 3.29. The second-order valence-electron chi connectivity index (χ2n) is 7.13. The molecule has 0 unspecified atom stereocenters. The fraction of sp³-hybridized carbons (Fsp3) is 0.0769. The summed E-state index contributed by atoms with van der Waals surface area (Å²) < 4.78 is 20.0. The van der Waals surface area contributed by atoms with Gasteiger partial charge in [0.05, 0.1) is 11.9 Å². The second-order valence-corrected chi connectivity index (χ2v) is 7.13. The molecule has 0 atom stereocenters. The molecule has 0 aliphatic heterocycles. The minimum Gasteiger partial charge on any atom is -0.484 e. The Morgan fingerprint density at radius 3 is 2.26 bits per heavy atom. The van der Waals surface area contributed by atoms with E-state index in [1.807, 2.05) is 66.9 Å². The first-order valence-corrected chi connectivity index (χ1v) is 10.5. The van der Waals surface area contributed by atoms with E-state index in [2.05, 4.69) is 15.6 Å². The number of nitrogens with zero attached hydrogens (tertiary/aromatic N) is 3. The number of halogens is 1. The van der Waals surface area contributed by atoms with Crippen LogP contribution in [0.2, 0.25) is 0 Å². The Labute approximate surface area is 201 Å². The van der Waals surface area contributed by atoms with Crippen molar-refractivity contribution in [1.29, 1.82) is 0 Å². The third-order valence-electron chi connectivity index (χ3n) is 4.39. The Balaban J connectivity index is 0.000000795. The molecule has 178 valence electrons. The van der Waals surface area contributed by atoms with Gasteiger partial charge in [-0.05, 0) is 36.4 Å². The number of rotatable bonds is 7. The first-order valence-electron chi connectivity index (χ1n) is 10.5. The lowest BCUT2D eigenvalue weighted by Crippen LogP contribution is -2.24. The molecule has 8 nitrogen and oxygen atoms in total. The van der Waals surface area contributed by atoms with E-state index in [-0.39, 0.29) is 12.4 Å². The molecule has 0 fully saturated rings. The summed E-state index contributed by atoms with van der Waals surface area (Å²) in [4.78, 5) is 21.0. The molecule has 1 heterocycles. The Kier molecular flexibility index (Phi) is 8.84. The van der Waals surface area contributed by atoms with Crippen molar-refractivity contribution in [3.8, 4) is 22.7 Å². The Morgan fingerprint density at radius 2 is 1.63 bits per heavy atom. The molecule has 35 heavy (non-hydrogen) atoms. The molecule has 4 rings (SSSR count). The summed E-state index contributed by atoms with van der Waals surface area (Å²) in [5.41, 5.74) is 5.77. The molecule has 0 radical (unpaired) electrons. The summed E-state index contributed by atoms with van der Waals surface area (Å²) in [5, 5.41) is 16.1. The third kappa shape index (κ3) is 7.93. The molecular weight excluding hydrogens is 451 g/mol. The number of carbonyl (C=O) groups is 2. The van der Waals surface area contributed by atoms with Gasteiger partial charge in [-0.25, -0.2) is 14.5 Å². The highest BCUT2D eigenvalue weighted by Gasteiger charge is 2.11. The number of nitrogens with one attached hydrogen (secondary N) is 1. The van der Waals surface area contributed by atoms with Gasteiger partial charge in [-0.1, -0.05) is 48.5 Å². The van der Waals surface area contributed by atoms with Gasteiger partial charge in [0, 0.05) is 24.2 Å². The lowest BCUT2D eigenvalue weighted by Gasteiger charge is -2.04. The predicted octanol–water partition coefficient (Wildman–Crippen LogP) is 4.30. The van der Waals surface area contributed by atoms with Crippen LogP contribution >= 0.6 is 0 Å². The number of hydrogen-bond acceptors (Lipinski definition) is 5. The van der Waals surface area contributed by atoms with Crippen molar-refractivity contribution in [2.24, 2.45) is 5.10 Å². The molecule has 3 aromatic carbocycles. The summed E-state index contributed by atoms with van der Waals surface area (Å²) >= 11 is 0. The number of aromatic nitrogens is 2. The van der Waals surface area contributed by atoms with Crippen molar-refractivity contribution in [2.45, 2.75) is 6.92 Å². The monoisotopic (exact) mass is 474 g/mol. The zero-order chi connectivity index (χ0) is 25.0. The molecular formula is C26H23FN4O4. The lowest BCUT2D eigenvalue weighted by atomic mass is 10.1. The maximum Gasteiger partial charge on any atom is 0.300 e. The van der Waals surface area contributed by atoms with E-state index < -0.39 is 11.9 Å². The van der Waals surface area contributed by atoms with E-state index in [0.717, 1.165) is 29.4 Å². The number of carboxylic acid groups (broad SMARTS) is 1. The molecule has 0 aliphatic carbocycles. The first kappa shape index (κ1) is 24.8. The van der Waals surface area contributed by atoms with E-state index in [9.17, 15) is 9.18 Å². The fourth-order valence-corrected chi connectivity index (χ4v) is 2.90. The maximum atomic E-state index is 12.9. The Morgan fingerprint density at radius 1 is 1.03 bits per heavy atom. The SMILES string of the molecule is CC(=O)O.O=C(COc1ccc(F)cc1)N/N=C/c1cn(-c2ccccc2)nc1-c1ccccc1. The largest absolute Gasteiger partial charge is 0.484 e. The van der Waals surface area contributed by atoms with Crippen molar-refractivity contribution in [2.75, 3.05) is 6.61 Å². The molecule has 9 heteroatoms. The van der Waals surface area contributed by atoms with E-state index in [4.69, 9.17) is 14.6 Å². The zero-order valence-corrected chi connectivity index (χ0v) is 18.8. The highest BCUT2D eigenvalue weighted by atomic mass is 19.1. The summed E-state index contributed by atoms with van der Waals surface area (Å²) in [5.74, 6) is -1.24. The maximum absolute atomic E-state index is 12.9. The topological polar surface area (TPSA) is 106 Å². The molecule has 0 spiro atoms. The van der Waals surface area contributed by atoms with Crippen molar-refractivity contribution in [3.05, 3.63) is 103 Å². The number of amides is 1. The van der Waals surface area contributed by atoms with Crippen LogP contribution in [0.4, 0.5) is 4.39 Å². The van der Waals surface area contributed by atoms with Crippen LogP contribution in [0.15, 0.2) is 96.2 Å². The van der Waals surface area contributed by atoms with Crippen LogP contribution in [0.1, 0.15) is 12.5 Å². The van der Waals surface area contributed by atoms with Crippen LogP contribution in [0.5, 0.6) is 5.75 Å². The van der Waals surface area contributed by atoms with Crippen LogP contribution in [-0.2, 0) is 9.59 Å². The van der Waals surface area contributed by atoms with Crippen LogP contribution in [0.3, 0.4) is 0 Å². The van der Waals surface area contributed by atoms with Gasteiger partial charge in [0.25, 0.3) is 11.9 Å². The standard InChI is InChI=1S/C24H19FN4O2.C2H4O2/c25-20-11-13-22(14-12-20)31-17-23(30)27-26-15-19-16-29(21-9-5-2-6-10-21)28-24(19)18-7-3-1-4-8-18;1-2(3)4/h1-16H,17H2,(H,27,30);1H3,(H,3,4)/b26-15+;. The van der Waals surface area contributed by atoms with Crippen LogP contribution in [-0.4, -0.2) is 39.6 Å². The smallest absolute Gasteiger partial charge is 0.300 e. The van der Waals surface area contributed by atoms with E-state index >= 15 is 0 Å². The molecule has 0 aliphatic rings. The number of aliphatic carboxylic acids is 1. The minimum absolute atomic E-state index is 0.238. The Bertz CT molecular complexity index is 1270. The second kappa shape index (κ2) is 12.4. The number of ether oxygens (including phenoxy) is 1. The van der Waals surface area contributed by atoms with Gasteiger partial charge in [0.1, 0.15) is 17.3 Å². The molecule has 4 aromatic rings. The molecule has 0 saturated heterocycles. The van der Waals surface area contributed by atoms with Gasteiger partial charge in [-0.3, -0.25) is 9.59 Å². The zero-order valence-electron chi connectivity index (χ0n) is 18.8. The Hall–Kier alpha value is -4.79. The molecule has 2 N–H and O–H groups in total. The molecule has 0 saturated carbocycles. The third-order valence-corrected chi connectivity index (χ3v) is 4.39. The van der Waals surface area contributed by atoms with Gasteiger partial charge < -0.3 is 9.84 Å². The number of para-hydroxylation sites is 1. The fourth-order valence-electron chi connectivity index (χ4n) is 2.90. The number of hydrazone groups is 1. The number of carboxylic acids is 1. The van der Waals surface area contributed by atoms with E-state index in [0.29, 0.717) is 5.75 Å². The average molecular weight is 474 g/mol. The molecule has 0 bridgehead atoms. The van der Waals surface area contributed by atoms with Crippen molar-refractivity contribution < 1.29 is 23.8 Å². The van der Waals surface area contributed by atoms with Crippen molar-refractivity contribution >= 4 is 18.1 Å². The van der Waals surface area contributed by atoms with E-state index in [1.54, 1.807) is 10.9 Å². The van der Waals surface area contributed by atoms with Crippen molar-refractivity contribution in [1.82, 2.24) is 15.2 Å². The molecule has 1 amide bonds. The van der Waals surface area contributed by atoms with Crippen molar-refractivity contribution in [3.63, 3.8) is 0 Å².